The van der Waals surface area contributed by atoms with E-state index in [2.05, 4.69) is 5.43 Å². The van der Waals surface area contributed by atoms with E-state index in [4.69, 9.17) is 15.9 Å². The van der Waals surface area contributed by atoms with E-state index >= 15 is 0 Å². The molecule has 24 heavy (non-hydrogen) atoms. The Balaban J connectivity index is 2.81. The number of amides is 2. The Morgan fingerprint density at radius 3 is 2.29 bits per heavy atom. The van der Waals surface area contributed by atoms with Crippen LogP contribution in [-0.4, -0.2) is 51.3 Å². The van der Waals surface area contributed by atoms with Crippen LogP contribution in [0.1, 0.15) is 43.0 Å². The lowest BCUT2D eigenvalue weighted by molar-refractivity contribution is -0.134. The molecule has 11 heteroatoms. The molecule has 130 valence electrons. The predicted molar refractivity (Wildman–Crippen MR) is 88.7 cm³/mol. The van der Waals surface area contributed by atoms with Gasteiger partial charge in [0.25, 0.3) is 11.8 Å². The zero-order chi connectivity index (χ0) is 18.3. The number of rotatable bonds is 7. The highest BCUT2D eigenvalue weighted by atomic mass is 16.4. The van der Waals surface area contributed by atoms with Gasteiger partial charge in [-0.2, -0.15) is 5.12 Å². The van der Waals surface area contributed by atoms with Crippen LogP contribution in [0.4, 0.5) is 0 Å². The highest BCUT2D eigenvalue weighted by Gasteiger charge is 2.25. The SMILES string of the molecule is CCCCCC(=O)N(N)NC(=O)c1ccc(B(O)O)c(B(O)O)c1. The molecule has 0 unspecified atom stereocenters. The summed E-state index contributed by atoms with van der Waals surface area (Å²) in [7, 11) is -3.93. The van der Waals surface area contributed by atoms with Crippen molar-refractivity contribution in [2.24, 2.45) is 5.84 Å². The third-order valence-corrected chi connectivity index (χ3v) is 3.39. The maximum absolute atomic E-state index is 12.1. The van der Waals surface area contributed by atoms with Crippen LogP contribution in [0.2, 0.25) is 0 Å². The average Bonchev–Trinajstić information content (AvgIpc) is 2.53. The molecule has 0 saturated heterocycles. The first-order valence-electron chi connectivity index (χ1n) is 7.52. The molecule has 1 aromatic carbocycles. The number of hydrazine groups is 2. The van der Waals surface area contributed by atoms with Gasteiger partial charge in [-0.3, -0.25) is 9.59 Å². The second kappa shape index (κ2) is 9.40. The minimum absolute atomic E-state index is 0.0284. The first kappa shape index (κ1) is 20.1. The number of unbranched alkanes of at least 4 members (excludes halogenated alkanes) is 2. The van der Waals surface area contributed by atoms with Crippen molar-refractivity contribution in [2.75, 3.05) is 0 Å². The minimum atomic E-state index is -2.00. The van der Waals surface area contributed by atoms with Gasteiger partial charge in [0.15, 0.2) is 0 Å². The summed E-state index contributed by atoms with van der Waals surface area (Å²) >= 11 is 0. The van der Waals surface area contributed by atoms with Crippen molar-refractivity contribution >= 4 is 37.0 Å². The molecule has 1 aromatic rings. The van der Waals surface area contributed by atoms with Crippen LogP contribution in [0.25, 0.3) is 0 Å². The standard InChI is InChI=1S/C13H21B2N3O6/c1-2-3-4-5-12(19)18(16)17-13(20)9-6-7-10(14(21)22)11(8-9)15(23)24/h6-8,21-24H,2-5,16H2,1H3,(H,17,20). The maximum Gasteiger partial charge on any atom is 0.488 e. The normalized spacial score (nSPS) is 10.2. The summed E-state index contributed by atoms with van der Waals surface area (Å²) in [5, 5.41) is 37.4. The summed E-state index contributed by atoms with van der Waals surface area (Å²) in [6.45, 7) is 1.99. The van der Waals surface area contributed by atoms with E-state index in [0.29, 0.717) is 11.5 Å². The summed E-state index contributed by atoms with van der Waals surface area (Å²) in [6, 6.07) is 3.48. The zero-order valence-corrected chi connectivity index (χ0v) is 13.3. The van der Waals surface area contributed by atoms with Crippen molar-refractivity contribution in [3.8, 4) is 0 Å². The quantitative estimate of drug-likeness (QED) is 0.102. The van der Waals surface area contributed by atoms with E-state index in [9.17, 15) is 19.6 Å². The van der Waals surface area contributed by atoms with Gasteiger partial charge in [-0.25, -0.2) is 11.3 Å². The van der Waals surface area contributed by atoms with Crippen molar-refractivity contribution in [3.05, 3.63) is 23.8 Å². The molecule has 0 atom stereocenters. The van der Waals surface area contributed by atoms with Crippen molar-refractivity contribution in [3.63, 3.8) is 0 Å². The highest BCUT2D eigenvalue weighted by Crippen LogP contribution is 2.01. The van der Waals surface area contributed by atoms with E-state index in [1.54, 1.807) is 0 Å². The minimum Gasteiger partial charge on any atom is -0.423 e. The van der Waals surface area contributed by atoms with Crippen molar-refractivity contribution in [1.82, 2.24) is 10.5 Å². The Morgan fingerprint density at radius 2 is 1.75 bits per heavy atom. The Kier molecular flexibility index (Phi) is 7.89. The Labute approximate surface area is 140 Å². The summed E-state index contributed by atoms with van der Waals surface area (Å²) in [4.78, 5) is 23.8. The first-order chi connectivity index (χ1) is 11.3. The van der Waals surface area contributed by atoms with Crippen molar-refractivity contribution in [2.45, 2.75) is 32.6 Å². The summed E-state index contributed by atoms with van der Waals surface area (Å²) in [6.07, 6.45) is 2.67. The molecule has 0 heterocycles. The molecular weight excluding hydrogens is 316 g/mol. The maximum atomic E-state index is 12.1. The molecule has 0 aliphatic heterocycles. The molecule has 0 spiro atoms. The van der Waals surface area contributed by atoms with Crippen LogP contribution in [0, 0.1) is 0 Å². The van der Waals surface area contributed by atoms with E-state index in [1.165, 1.54) is 6.07 Å². The van der Waals surface area contributed by atoms with Crippen LogP contribution in [-0.2, 0) is 4.79 Å². The van der Waals surface area contributed by atoms with Gasteiger partial charge in [-0.05, 0) is 29.5 Å². The third kappa shape index (κ3) is 5.62. The fourth-order valence-corrected chi connectivity index (χ4v) is 2.06. The number of hydrogen-bond acceptors (Lipinski definition) is 7. The molecule has 0 aliphatic rings. The van der Waals surface area contributed by atoms with Crippen molar-refractivity contribution in [1.29, 1.82) is 0 Å². The number of benzene rings is 1. The molecule has 0 bridgehead atoms. The zero-order valence-electron chi connectivity index (χ0n) is 13.3. The second-order valence-electron chi connectivity index (χ2n) is 5.25. The summed E-state index contributed by atoms with van der Waals surface area (Å²) < 4.78 is 0. The largest absolute Gasteiger partial charge is 0.488 e. The lowest BCUT2D eigenvalue weighted by Gasteiger charge is -2.18. The number of nitrogens with zero attached hydrogens (tertiary/aromatic N) is 1. The van der Waals surface area contributed by atoms with Crippen LogP contribution < -0.4 is 22.2 Å². The number of carbonyl (C=O) groups is 2. The molecule has 0 saturated carbocycles. The third-order valence-electron chi connectivity index (χ3n) is 3.39. The van der Waals surface area contributed by atoms with Gasteiger partial charge < -0.3 is 20.1 Å². The first-order valence-corrected chi connectivity index (χ1v) is 7.52. The summed E-state index contributed by atoms with van der Waals surface area (Å²) in [5.74, 6) is 4.28. The molecular formula is C13H21B2N3O6. The molecule has 0 aliphatic carbocycles. The average molecular weight is 337 g/mol. The fourth-order valence-electron chi connectivity index (χ4n) is 2.06. The van der Waals surface area contributed by atoms with Crippen LogP contribution in [0.15, 0.2) is 18.2 Å². The Morgan fingerprint density at radius 1 is 1.12 bits per heavy atom. The van der Waals surface area contributed by atoms with Crippen LogP contribution in [0.5, 0.6) is 0 Å². The predicted octanol–water partition coefficient (Wildman–Crippen LogP) is -3.03. The Hall–Kier alpha value is -1.91. The molecule has 9 nitrogen and oxygen atoms in total. The van der Waals surface area contributed by atoms with Crippen molar-refractivity contribution < 1.29 is 29.7 Å². The van der Waals surface area contributed by atoms with Gasteiger partial charge >= 0.3 is 14.2 Å². The molecule has 7 N–H and O–H groups in total. The van der Waals surface area contributed by atoms with E-state index < -0.39 is 26.1 Å². The van der Waals surface area contributed by atoms with Crippen LogP contribution in [0.3, 0.4) is 0 Å². The van der Waals surface area contributed by atoms with Gasteiger partial charge in [-0.15, -0.1) is 0 Å². The number of nitrogens with one attached hydrogen (secondary N) is 1. The van der Waals surface area contributed by atoms with E-state index in [-0.39, 0.29) is 22.9 Å². The van der Waals surface area contributed by atoms with Gasteiger partial charge in [0, 0.05) is 12.0 Å². The Bertz CT molecular complexity index is 585. The van der Waals surface area contributed by atoms with E-state index in [1.807, 2.05) is 6.92 Å². The molecule has 0 radical (unpaired) electrons. The van der Waals surface area contributed by atoms with Crippen LogP contribution >= 0.6 is 0 Å². The monoisotopic (exact) mass is 337 g/mol. The smallest absolute Gasteiger partial charge is 0.423 e. The molecule has 0 fully saturated rings. The second-order valence-corrected chi connectivity index (χ2v) is 5.25. The van der Waals surface area contributed by atoms with Gasteiger partial charge in [0.05, 0.1) is 0 Å². The number of carbonyl (C=O) groups excluding carboxylic acids is 2. The molecule has 1 rings (SSSR count). The molecule has 2 amide bonds. The number of hydrogen-bond donors (Lipinski definition) is 6. The van der Waals surface area contributed by atoms with Gasteiger partial charge in [0.1, 0.15) is 0 Å². The topological polar surface area (TPSA) is 156 Å². The molecule has 0 aromatic heterocycles. The number of nitrogens with two attached hydrogens (primary N) is 1. The van der Waals surface area contributed by atoms with E-state index in [0.717, 1.165) is 25.0 Å². The van der Waals surface area contributed by atoms with Gasteiger partial charge in [0.2, 0.25) is 0 Å². The lowest BCUT2D eigenvalue weighted by Crippen LogP contribution is -2.52. The van der Waals surface area contributed by atoms with Gasteiger partial charge in [-0.1, -0.05) is 25.8 Å². The highest BCUT2D eigenvalue weighted by molar-refractivity contribution is 6.71. The fraction of sp³-hybridized carbons (Fsp3) is 0.385. The summed E-state index contributed by atoms with van der Waals surface area (Å²) in [5.41, 5.74) is 1.75. The lowest BCUT2D eigenvalue weighted by atomic mass is 9.65.